The van der Waals surface area contributed by atoms with E-state index in [2.05, 4.69) is 0 Å². The second kappa shape index (κ2) is 7.74. The van der Waals surface area contributed by atoms with E-state index in [0.29, 0.717) is 31.0 Å². The molecule has 27 heavy (non-hydrogen) atoms. The van der Waals surface area contributed by atoms with Crippen molar-refractivity contribution in [3.05, 3.63) is 63.0 Å². The second-order valence-corrected chi connectivity index (χ2v) is 7.40. The van der Waals surface area contributed by atoms with Gasteiger partial charge in [0.15, 0.2) is 12.4 Å². The van der Waals surface area contributed by atoms with Gasteiger partial charge in [-0.2, -0.15) is 0 Å². The van der Waals surface area contributed by atoms with E-state index in [4.69, 9.17) is 16.3 Å². The van der Waals surface area contributed by atoms with Crippen molar-refractivity contribution < 1.29 is 14.6 Å². The first-order valence-electron chi connectivity index (χ1n) is 8.85. The zero-order valence-electron chi connectivity index (χ0n) is 15.4. The molecule has 1 aromatic heterocycles. The molecule has 1 N–H and O–H groups in total. The predicted octanol–water partition coefficient (Wildman–Crippen LogP) is 2.24. The molecule has 2 aromatic rings. The number of rotatable bonds is 4. The molecule has 3 rings (SSSR count). The summed E-state index contributed by atoms with van der Waals surface area (Å²) in [7, 11) is 1.81. The van der Waals surface area contributed by atoms with Crippen LogP contribution in [0.2, 0.25) is 5.02 Å². The number of aromatic nitrogens is 1. The molecule has 0 spiro atoms. The maximum Gasteiger partial charge on any atom is 0.260 e. The van der Waals surface area contributed by atoms with Crippen molar-refractivity contribution in [3.63, 3.8) is 0 Å². The topological polar surface area (TPSA) is 71.8 Å². The maximum absolute atomic E-state index is 12.4. The summed E-state index contributed by atoms with van der Waals surface area (Å²) in [5.41, 5.74) is 0.415. The maximum atomic E-state index is 12.4. The van der Waals surface area contributed by atoms with Crippen LogP contribution in [0.5, 0.6) is 5.75 Å². The van der Waals surface area contributed by atoms with Crippen LogP contribution in [0.25, 0.3) is 0 Å². The summed E-state index contributed by atoms with van der Waals surface area (Å²) in [4.78, 5) is 26.0. The standard InChI is InChI=1S/C20H23ClN2O4/c1-14-11-17(24)18(12-22(14)2)27-13-19(25)23-9-7-20(26,8-10-23)15-3-5-16(21)6-4-15/h3-6,11-12,26H,7-10,13H2,1-2H3. The summed E-state index contributed by atoms with van der Waals surface area (Å²) in [6.45, 7) is 2.48. The van der Waals surface area contributed by atoms with E-state index in [1.807, 2.05) is 26.1 Å². The summed E-state index contributed by atoms with van der Waals surface area (Å²) in [5.74, 6) is -0.0399. The lowest BCUT2D eigenvalue weighted by Gasteiger charge is -2.38. The fourth-order valence-corrected chi connectivity index (χ4v) is 3.34. The highest BCUT2D eigenvalue weighted by molar-refractivity contribution is 6.30. The Labute approximate surface area is 162 Å². The number of hydrogen-bond acceptors (Lipinski definition) is 4. The molecule has 0 unspecified atom stereocenters. The molecule has 1 fully saturated rings. The second-order valence-electron chi connectivity index (χ2n) is 6.96. The SMILES string of the molecule is Cc1cc(=O)c(OCC(=O)N2CCC(O)(c3ccc(Cl)cc3)CC2)cn1C. The number of aliphatic hydroxyl groups is 1. The van der Waals surface area contributed by atoms with E-state index >= 15 is 0 Å². The Morgan fingerprint density at radius 3 is 2.52 bits per heavy atom. The average molecular weight is 391 g/mol. The van der Waals surface area contributed by atoms with Gasteiger partial charge in [-0.15, -0.1) is 0 Å². The van der Waals surface area contributed by atoms with E-state index in [0.717, 1.165) is 11.3 Å². The lowest BCUT2D eigenvalue weighted by Crippen LogP contribution is -2.46. The van der Waals surface area contributed by atoms with Gasteiger partial charge < -0.3 is 19.3 Å². The predicted molar refractivity (Wildman–Crippen MR) is 103 cm³/mol. The van der Waals surface area contributed by atoms with E-state index in [1.165, 1.54) is 6.07 Å². The largest absolute Gasteiger partial charge is 0.478 e. The highest BCUT2D eigenvalue weighted by Crippen LogP contribution is 2.33. The van der Waals surface area contributed by atoms with Crippen LogP contribution in [0.4, 0.5) is 0 Å². The number of likely N-dealkylation sites (tertiary alicyclic amines) is 1. The van der Waals surface area contributed by atoms with Gasteiger partial charge in [0.05, 0.1) is 5.60 Å². The van der Waals surface area contributed by atoms with E-state index < -0.39 is 5.60 Å². The van der Waals surface area contributed by atoms with Crippen LogP contribution in [0, 0.1) is 6.92 Å². The lowest BCUT2D eigenvalue weighted by molar-refractivity contribution is -0.137. The Bertz CT molecular complexity index is 884. The zero-order valence-corrected chi connectivity index (χ0v) is 16.2. The van der Waals surface area contributed by atoms with Crippen LogP contribution in [-0.2, 0) is 17.4 Å². The number of pyridine rings is 1. The van der Waals surface area contributed by atoms with Gasteiger partial charge in [0.1, 0.15) is 0 Å². The normalized spacial score (nSPS) is 16.2. The highest BCUT2D eigenvalue weighted by Gasteiger charge is 2.35. The Hall–Kier alpha value is -2.31. The molecular weight excluding hydrogens is 368 g/mol. The molecule has 0 bridgehead atoms. The van der Waals surface area contributed by atoms with Crippen LogP contribution in [-0.4, -0.2) is 40.2 Å². The molecule has 0 radical (unpaired) electrons. The molecule has 1 aliphatic heterocycles. The zero-order chi connectivity index (χ0) is 19.6. The molecule has 1 amide bonds. The van der Waals surface area contributed by atoms with E-state index in [9.17, 15) is 14.7 Å². The molecule has 1 aromatic carbocycles. The molecule has 1 aliphatic rings. The van der Waals surface area contributed by atoms with Gasteiger partial charge in [0.25, 0.3) is 5.91 Å². The summed E-state index contributed by atoms with van der Waals surface area (Å²) in [6, 6.07) is 8.61. The first-order chi connectivity index (χ1) is 12.8. The number of amides is 1. The third kappa shape index (κ3) is 4.34. The summed E-state index contributed by atoms with van der Waals surface area (Å²) >= 11 is 5.90. The summed E-state index contributed by atoms with van der Waals surface area (Å²) < 4.78 is 7.21. The van der Waals surface area contributed by atoms with Crippen LogP contribution in [0.3, 0.4) is 0 Å². The molecular formula is C20H23ClN2O4. The van der Waals surface area contributed by atoms with Gasteiger partial charge in [-0.1, -0.05) is 23.7 Å². The first kappa shape index (κ1) is 19.5. The quantitative estimate of drug-likeness (QED) is 0.869. The van der Waals surface area contributed by atoms with Gasteiger partial charge >= 0.3 is 0 Å². The number of halogens is 1. The van der Waals surface area contributed by atoms with Gasteiger partial charge in [-0.3, -0.25) is 9.59 Å². The minimum atomic E-state index is -0.963. The highest BCUT2D eigenvalue weighted by atomic mass is 35.5. The number of piperidine rings is 1. The van der Waals surface area contributed by atoms with Gasteiger partial charge in [0.2, 0.25) is 5.43 Å². The number of aryl methyl sites for hydroxylation is 2. The van der Waals surface area contributed by atoms with Gasteiger partial charge in [0, 0.05) is 43.1 Å². The Morgan fingerprint density at radius 2 is 1.89 bits per heavy atom. The first-order valence-corrected chi connectivity index (χ1v) is 9.22. The number of ether oxygens (including phenoxy) is 1. The van der Waals surface area contributed by atoms with Gasteiger partial charge in [-0.25, -0.2) is 0 Å². The number of nitrogens with zero attached hydrogens (tertiary/aromatic N) is 2. The monoisotopic (exact) mass is 390 g/mol. The molecule has 0 atom stereocenters. The van der Waals surface area contributed by atoms with Crippen LogP contribution < -0.4 is 10.2 Å². The van der Waals surface area contributed by atoms with Crippen LogP contribution >= 0.6 is 11.6 Å². The third-order valence-electron chi connectivity index (χ3n) is 5.13. The molecule has 1 saturated heterocycles. The smallest absolute Gasteiger partial charge is 0.260 e. The number of benzene rings is 1. The van der Waals surface area contributed by atoms with Crippen molar-refractivity contribution in [1.29, 1.82) is 0 Å². The molecule has 6 nitrogen and oxygen atoms in total. The average Bonchev–Trinajstić information content (AvgIpc) is 2.64. The summed E-state index contributed by atoms with van der Waals surface area (Å²) in [6.07, 6.45) is 2.46. The summed E-state index contributed by atoms with van der Waals surface area (Å²) in [5, 5.41) is 11.5. The fraction of sp³-hybridized carbons (Fsp3) is 0.400. The molecule has 144 valence electrons. The minimum absolute atomic E-state index is 0.158. The fourth-order valence-electron chi connectivity index (χ4n) is 3.22. The number of carbonyl (C=O) groups is 1. The lowest BCUT2D eigenvalue weighted by atomic mass is 9.84. The van der Waals surface area contributed by atoms with Crippen LogP contribution in [0.1, 0.15) is 24.1 Å². The van der Waals surface area contributed by atoms with Crippen molar-refractivity contribution in [2.24, 2.45) is 7.05 Å². The third-order valence-corrected chi connectivity index (χ3v) is 5.38. The van der Waals surface area contributed by atoms with E-state index in [-0.39, 0.29) is 23.7 Å². The van der Waals surface area contributed by atoms with Crippen LogP contribution in [0.15, 0.2) is 41.3 Å². The molecule has 7 heteroatoms. The Kier molecular flexibility index (Phi) is 5.58. The van der Waals surface area contributed by atoms with Gasteiger partial charge in [-0.05, 0) is 37.5 Å². The molecule has 0 aliphatic carbocycles. The van der Waals surface area contributed by atoms with E-state index in [1.54, 1.807) is 27.8 Å². The van der Waals surface area contributed by atoms with Crippen molar-refractivity contribution in [3.8, 4) is 5.75 Å². The Morgan fingerprint density at radius 1 is 1.26 bits per heavy atom. The number of hydrogen-bond donors (Lipinski definition) is 1. The molecule has 2 heterocycles. The van der Waals surface area contributed by atoms with Crippen molar-refractivity contribution in [2.75, 3.05) is 19.7 Å². The van der Waals surface area contributed by atoms with Crippen molar-refractivity contribution in [2.45, 2.75) is 25.4 Å². The Balaban J connectivity index is 1.58. The van der Waals surface area contributed by atoms with Crippen molar-refractivity contribution >= 4 is 17.5 Å². The number of carbonyl (C=O) groups excluding carboxylic acids is 1. The minimum Gasteiger partial charge on any atom is -0.478 e. The molecule has 0 saturated carbocycles. The van der Waals surface area contributed by atoms with Crippen molar-refractivity contribution in [1.82, 2.24) is 9.47 Å².